The molecule has 0 N–H and O–H groups in total. The number of nitrogens with zero attached hydrogens (tertiary/aromatic N) is 1. The predicted octanol–water partition coefficient (Wildman–Crippen LogP) is 5.67. The van der Waals surface area contributed by atoms with Gasteiger partial charge < -0.3 is 13.9 Å². The molecule has 4 rings (SSSR count). The van der Waals surface area contributed by atoms with E-state index >= 15 is 0 Å². The number of hydrogen-bond acceptors (Lipinski definition) is 6. The Kier molecular flexibility index (Phi) is 7.30. The second-order valence-electron chi connectivity index (χ2n) is 7.48. The van der Waals surface area contributed by atoms with Crippen molar-refractivity contribution in [2.45, 2.75) is 13.0 Å². The van der Waals surface area contributed by atoms with Crippen LogP contribution in [0.1, 0.15) is 23.4 Å². The van der Waals surface area contributed by atoms with Gasteiger partial charge in [0, 0.05) is 23.2 Å². The summed E-state index contributed by atoms with van der Waals surface area (Å²) in [5, 5.41) is 0.954. The van der Waals surface area contributed by atoms with E-state index in [2.05, 4.69) is 4.98 Å². The average molecular weight is 453 g/mol. The number of fused-ring (bicyclic) bond motifs is 1. The van der Waals surface area contributed by atoms with Crippen LogP contribution in [0.2, 0.25) is 0 Å². The maximum absolute atomic E-state index is 12.3. The van der Waals surface area contributed by atoms with Gasteiger partial charge in [0.2, 0.25) is 0 Å². The number of carbonyl (C=O) groups is 2. The maximum Gasteiger partial charge on any atom is 0.163 e. The van der Waals surface area contributed by atoms with E-state index in [9.17, 15) is 9.59 Å². The quantitative estimate of drug-likeness (QED) is 0.227. The SMILES string of the molecule is COc1cc(OCc2ccccn2)ccc1/C=C/C(=O)CC(=O)/C=C/c1cc2ccccc2o1. The number of pyridine rings is 1. The number of rotatable bonds is 10. The fourth-order valence-electron chi connectivity index (χ4n) is 3.29. The summed E-state index contributed by atoms with van der Waals surface area (Å²) in [6, 6.07) is 20.4. The van der Waals surface area contributed by atoms with Crippen molar-refractivity contribution in [3.05, 3.63) is 102 Å². The van der Waals surface area contributed by atoms with Crippen molar-refractivity contribution in [2.75, 3.05) is 7.11 Å². The van der Waals surface area contributed by atoms with E-state index in [1.54, 1.807) is 43.7 Å². The van der Waals surface area contributed by atoms with Crippen molar-refractivity contribution in [3.63, 3.8) is 0 Å². The molecule has 0 aliphatic heterocycles. The molecule has 2 heterocycles. The second kappa shape index (κ2) is 10.9. The Labute approximate surface area is 197 Å². The Bertz CT molecular complexity index is 1320. The van der Waals surface area contributed by atoms with Crippen LogP contribution in [0, 0.1) is 0 Å². The molecule has 0 aliphatic rings. The van der Waals surface area contributed by atoms with E-state index < -0.39 is 0 Å². The molecule has 0 fully saturated rings. The standard InChI is InChI=1S/C28H23NO5/c1-32-28-18-25(33-19-22-7-4-5-15-29-22)13-10-20(28)9-11-23(30)17-24(31)12-14-26-16-21-6-2-3-8-27(21)34-26/h2-16,18H,17,19H2,1H3/b11-9+,14-12+. The molecule has 0 amide bonds. The van der Waals surface area contributed by atoms with Gasteiger partial charge >= 0.3 is 0 Å². The van der Waals surface area contributed by atoms with Crippen LogP contribution in [0.5, 0.6) is 11.5 Å². The van der Waals surface area contributed by atoms with Gasteiger partial charge in [-0.2, -0.15) is 0 Å². The zero-order valence-corrected chi connectivity index (χ0v) is 18.6. The minimum absolute atomic E-state index is 0.235. The highest BCUT2D eigenvalue weighted by atomic mass is 16.5. The van der Waals surface area contributed by atoms with Gasteiger partial charge in [0.05, 0.1) is 19.2 Å². The molecule has 0 radical (unpaired) electrons. The van der Waals surface area contributed by atoms with Crippen molar-refractivity contribution in [1.82, 2.24) is 4.98 Å². The number of para-hydroxylation sites is 1. The molecule has 34 heavy (non-hydrogen) atoms. The van der Waals surface area contributed by atoms with Gasteiger partial charge in [-0.3, -0.25) is 14.6 Å². The Balaban J connectivity index is 1.33. The summed E-state index contributed by atoms with van der Waals surface area (Å²) in [4.78, 5) is 28.7. The number of ketones is 2. The number of hydrogen-bond donors (Lipinski definition) is 0. The van der Waals surface area contributed by atoms with Gasteiger partial charge in [0.1, 0.15) is 29.4 Å². The van der Waals surface area contributed by atoms with Gasteiger partial charge in [-0.05, 0) is 60.7 Å². The van der Waals surface area contributed by atoms with Crippen LogP contribution in [0.3, 0.4) is 0 Å². The van der Waals surface area contributed by atoms with Gasteiger partial charge in [0.25, 0.3) is 0 Å². The van der Waals surface area contributed by atoms with Gasteiger partial charge in [-0.15, -0.1) is 0 Å². The smallest absolute Gasteiger partial charge is 0.163 e. The first-order chi connectivity index (χ1) is 16.6. The predicted molar refractivity (Wildman–Crippen MR) is 130 cm³/mol. The summed E-state index contributed by atoms with van der Waals surface area (Å²) in [6.45, 7) is 0.335. The normalized spacial score (nSPS) is 11.3. The van der Waals surface area contributed by atoms with E-state index in [0.29, 0.717) is 29.4 Å². The fourth-order valence-corrected chi connectivity index (χ4v) is 3.29. The number of aromatic nitrogens is 1. The number of methoxy groups -OCH3 is 1. The minimum atomic E-state index is -0.309. The molecule has 4 aromatic rings. The van der Waals surface area contributed by atoms with Crippen LogP contribution in [0.15, 0.2) is 89.5 Å². The van der Waals surface area contributed by atoms with Gasteiger partial charge in [-0.25, -0.2) is 0 Å². The lowest BCUT2D eigenvalue weighted by Crippen LogP contribution is -2.02. The highest BCUT2D eigenvalue weighted by molar-refractivity contribution is 6.11. The molecule has 0 aliphatic carbocycles. The highest BCUT2D eigenvalue weighted by Gasteiger charge is 2.07. The van der Waals surface area contributed by atoms with Crippen molar-refractivity contribution < 1.29 is 23.5 Å². The van der Waals surface area contributed by atoms with E-state index in [0.717, 1.165) is 16.7 Å². The molecule has 2 aromatic carbocycles. The van der Waals surface area contributed by atoms with Crippen LogP contribution in [-0.4, -0.2) is 23.7 Å². The van der Waals surface area contributed by atoms with E-state index in [1.165, 1.54) is 12.2 Å². The summed E-state index contributed by atoms with van der Waals surface area (Å²) >= 11 is 0. The molecule has 0 bridgehead atoms. The van der Waals surface area contributed by atoms with Crippen LogP contribution in [0.25, 0.3) is 23.1 Å². The third-order valence-corrected chi connectivity index (χ3v) is 4.99. The monoisotopic (exact) mass is 453 g/mol. The number of furan rings is 1. The van der Waals surface area contributed by atoms with Gasteiger partial charge in [0.15, 0.2) is 11.6 Å². The Morgan fingerprint density at radius 3 is 2.50 bits per heavy atom. The maximum atomic E-state index is 12.3. The number of ether oxygens (including phenoxy) is 2. The number of benzene rings is 2. The lowest BCUT2D eigenvalue weighted by atomic mass is 10.1. The largest absolute Gasteiger partial charge is 0.496 e. The molecule has 0 unspecified atom stereocenters. The average Bonchev–Trinajstić information content (AvgIpc) is 3.29. The molecule has 170 valence electrons. The number of carbonyl (C=O) groups excluding carboxylic acids is 2. The molecule has 0 atom stereocenters. The van der Waals surface area contributed by atoms with Crippen molar-refractivity contribution in [3.8, 4) is 11.5 Å². The summed E-state index contributed by atoms with van der Waals surface area (Å²) < 4.78 is 16.8. The van der Waals surface area contributed by atoms with Crippen LogP contribution in [0.4, 0.5) is 0 Å². The van der Waals surface area contributed by atoms with Crippen LogP contribution in [-0.2, 0) is 16.2 Å². The highest BCUT2D eigenvalue weighted by Crippen LogP contribution is 2.26. The topological polar surface area (TPSA) is 78.6 Å². The lowest BCUT2D eigenvalue weighted by molar-refractivity contribution is -0.121. The number of allylic oxidation sites excluding steroid dienone is 2. The van der Waals surface area contributed by atoms with E-state index in [1.807, 2.05) is 48.5 Å². The zero-order valence-electron chi connectivity index (χ0n) is 18.6. The van der Waals surface area contributed by atoms with Crippen molar-refractivity contribution in [2.24, 2.45) is 0 Å². The third-order valence-electron chi connectivity index (χ3n) is 4.99. The first-order valence-electron chi connectivity index (χ1n) is 10.7. The molecular weight excluding hydrogens is 430 g/mol. The lowest BCUT2D eigenvalue weighted by Gasteiger charge is -2.09. The van der Waals surface area contributed by atoms with E-state index in [-0.39, 0.29) is 18.0 Å². The van der Waals surface area contributed by atoms with E-state index in [4.69, 9.17) is 13.9 Å². The Hall–Kier alpha value is -4.45. The fraction of sp³-hybridized carbons (Fsp3) is 0.107. The first-order valence-corrected chi connectivity index (χ1v) is 10.7. The van der Waals surface area contributed by atoms with Crippen LogP contribution < -0.4 is 9.47 Å². The third kappa shape index (κ3) is 6.07. The van der Waals surface area contributed by atoms with Crippen LogP contribution >= 0.6 is 0 Å². The molecule has 0 saturated heterocycles. The zero-order chi connectivity index (χ0) is 23.8. The molecule has 2 aromatic heterocycles. The summed E-state index contributed by atoms with van der Waals surface area (Å²) in [7, 11) is 1.55. The van der Waals surface area contributed by atoms with Crippen molar-refractivity contribution in [1.29, 1.82) is 0 Å². The molecule has 6 nitrogen and oxygen atoms in total. The summed E-state index contributed by atoms with van der Waals surface area (Å²) in [5.74, 6) is 1.13. The summed E-state index contributed by atoms with van der Waals surface area (Å²) in [5.41, 5.74) is 2.26. The molecule has 0 saturated carbocycles. The first kappa shape index (κ1) is 22.7. The molecule has 6 heteroatoms. The van der Waals surface area contributed by atoms with Gasteiger partial charge in [-0.1, -0.05) is 24.3 Å². The Morgan fingerprint density at radius 1 is 0.941 bits per heavy atom. The minimum Gasteiger partial charge on any atom is -0.496 e. The van der Waals surface area contributed by atoms with Crippen molar-refractivity contribution >= 4 is 34.7 Å². The Morgan fingerprint density at radius 2 is 1.74 bits per heavy atom. The molecular formula is C28H23NO5. The summed E-state index contributed by atoms with van der Waals surface area (Å²) in [6.07, 6.45) is 7.41. The molecule has 0 spiro atoms. The second-order valence-corrected chi connectivity index (χ2v) is 7.48.